The van der Waals surface area contributed by atoms with E-state index in [1.165, 1.54) is 19.3 Å². The number of carbonyl (C=O) groups excluding carboxylic acids is 1. The van der Waals surface area contributed by atoms with Crippen molar-refractivity contribution in [1.29, 1.82) is 0 Å². The largest absolute Gasteiger partial charge is 0.450 e. The van der Waals surface area contributed by atoms with Crippen molar-refractivity contribution >= 4 is 6.09 Å². The Hall–Kier alpha value is -0.770. The number of aliphatic hydroxyl groups is 1. The summed E-state index contributed by atoms with van der Waals surface area (Å²) in [6, 6.07) is 0.170. The van der Waals surface area contributed by atoms with Crippen LogP contribution in [0.1, 0.15) is 59.3 Å². The molecule has 0 radical (unpaired) electrons. The van der Waals surface area contributed by atoms with Crippen LogP contribution < -0.4 is 0 Å². The Morgan fingerprint density at radius 1 is 1.33 bits per heavy atom. The van der Waals surface area contributed by atoms with Crippen molar-refractivity contribution in [2.24, 2.45) is 17.8 Å². The van der Waals surface area contributed by atoms with Crippen LogP contribution in [0.2, 0.25) is 0 Å². The summed E-state index contributed by atoms with van der Waals surface area (Å²) >= 11 is 0. The number of ether oxygens (including phenoxy) is 1. The summed E-state index contributed by atoms with van der Waals surface area (Å²) in [6.07, 6.45) is 5.92. The topological polar surface area (TPSA) is 49.8 Å². The van der Waals surface area contributed by atoms with E-state index in [0.717, 1.165) is 25.8 Å². The summed E-state index contributed by atoms with van der Waals surface area (Å²) in [7, 11) is 0. The number of amides is 1. The summed E-state index contributed by atoms with van der Waals surface area (Å²) in [5.74, 6) is 1.36. The predicted molar refractivity (Wildman–Crippen MR) is 83.0 cm³/mol. The Bertz CT molecular complexity index is 347. The van der Waals surface area contributed by atoms with Gasteiger partial charge < -0.3 is 14.7 Å². The third-order valence-corrected chi connectivity index (χ3v) is 5.44. The molecule has 0 spiro atoms. The van der Waals surface area contributed by atoms with E-state index in [4.69, 9.17) is 4.74 Å². The van der Waals surface area contributed by atoms with Crippen LogP contribution in [0.25, 0.3) is 0 Å². The summed E-state index contributed by atoms with van der Waals surface area (Å²) in [6.45, 7) is 7.34. The van der Waals surface area contributed by atoms with E-state index in [2.05, 4.69) is 13.8 Å². The average Bonchev–Trinajstić information content (AvgIpc) is 3.02. The summed E-state index contributed by atoms with van der Waals surface area (Å²) in [5, 5.41) is 10.5. The van der Waals surface area contributed by atoms with Crippen molar-refractivity contribution in [3.05, 3.63) is 0 Å². The second-order valence-corrected chi connectivity index (χ2v) is 6.62. The molecule has 5 atom stereocenters. The van der Waals surface area contributed by atoms with Crippen molar-refractivity contribution in [2.75, 3.05) is 13.2 Å². The van der Waals surface area contributed by atoms with Gasteiger partial charge in [0.05, 0.1) is 12.7 Å². The van der Waals surface area contributed by atoms with Gasteiger partial charge in [0.2, 0.25) is 0 Å². The molecule has 0 aromatic heterocycles. The van der Waals surface area contributed by atoms with Crippen LogP contribution in [-0.4, -0.2) is 41.4 Å². The molecule has 5 unspecified atom stereocenters. The highest BCUT2D eigenvalue weighted by atomic mass is 16.6. The van der Waals surface area contributed by atoms with Crippen molar-refractivity contribution in [3.8, 4) is 0 Å². The molecule has 4 heteroatoms. The molecule has 1 saturated heterocycles. The van der Waals surface area contributed by atoms with Gasteiger partial charge in [-0.1, -0.05) is 26.7 Å². The molecule has 0 bridgehead atoms. The van der Waals surface area contributed by atoms with Crippen LogP contribution in [0.15, 0.2) is 0 Å². The first kappa shape index (κ1) is 16.6. The molecule has 2 rings (SSSR count). The fraction of sp³-hybridized carbons (Fsp3) is 0.941. The number of hydrogen-bond donors (Lipinski definition) is 1. The van der Waals surface area contributed by atoms with Crippen molar-refractivity contribution < 1.29 is 14.6 Å². The van der Waals surface area contributed by atoms with Gasteiger partial charge in [0.1, 0.15) is 0 Å². The molecule has 1 N–H and O–H groups in total. The molecule has 21 heavy (non-hydrogen) atoms. The van der Waals surface area contributed by atoms with Gasteiger partial charge in [-0.3, -0.25) is 0 Å². The number of aliphatic hydroxyl groups excluding tert-OH is 1. The van der Waals surface area contributed by atoms with Crippen LogP contribution in [0.4, 0.5) is 4.79 Å². The third-order valence-electron chi connectivity index (χ3n) is 5.44. The molecule has 0 aromatic carbocycles. The Morgan fingerprint density at radius 3 is 2.71 bits per heavy atom. The van der Waals surface area contributed by atoms with Crippen molar-refractivity contribution in [2.45, 2.75) is 71.4 Å². The molecule has 122 valence electrons. The molecular formula is C17H31NO3. The van der Waals surface area contributed by atoms with Crippen LogP contribution in [0.5, 0.6) is 0 Å². The molecular weight excluding hydrogens is 266 g/mol. The maximum absolute atomic E-state index is 12.3. The first-order chi connectivity index (χ1) is 10.1. The first-order valence-electron chi connectivity index (χ1n) is 8.75. The van der Waals surface area contributed by atoms with Crippen molar-refractivity contribution in [1.82, 2.24) is 4.90 Å². The van der Waals surface area contributed by atoms with Gasteiger partial charge >= 0.3 is 6.09 Å². The molecule has 2 fully saturated rings. The van der Waals surface area contributed by atoms with Crippen LogP contribution in [0, 0.1) is 17.8 Å². The average molecular weight is 297 g/mol. The number of hydrogen-bond acceptors (Lipinski definition) is 3. The molecule has 4 nitrogen and oxygen atoms in total. The highest BCUT2D eigenvalue weighted by molar-refractivity contribution is 5.68. The van der Waals surface area contributed by atoms with Gasteiger partial charge in [0.25, 0.3) is 0 Å². The van der Waals surface area contributed by atoms with Gasteiger partial charge in [-0.15, -0.1) is 0 Å². The lowest BCUT2D eigenvalue weighted by atomic mass is 9.80. The maximum atomic E-state index is 12.3. The Kier molecular flexibility index (Phi) is 5.91. The number of rotatable bonds is 6. The Labute approximate surface area is 128 Å². The number of likely N-dealkylation sites (tertiary alicyclic amines) is 1. The monoisotopic (exact) mass is 297 g/mol. The molecule has 1 aliphatic heterocycles. The normalized spacial score (nSPS) is 31.0. The highest BCUT2D eigenvalue weighted by Gasteiger charge is 2.50. The Balaban J connectivity index is 2.18. The minimum atomic E-state index is -0.304. The van der Waals surface area contributed by atoms with E-state index >= 15 is 0 Å². The summed E-state index contributed by atoms with van der Waals surface area (Å²) < 4.78 is 5.26. The minimum absolute atomic E-state index is 0.170. The molecule has 1 heterocycles. The quantitative estimate of drug-likeness (QED) is 0.817. The SMILES string of the molecule is CCCC(O)C(CC)C1C2CCCC2CN1C(=O)OCC. The highest BCUT2D eigenvalue weighted by Crippen LogP contribution is 2.46. The van der Waals surface area contributed by atoms with E-state index in [1.807, 2.05) is 11.8 Å². The molecule has 0 aromatic rings. The van der Waals surface area contributed by atoms with Gasteiger partial charge in [-0.25, -0.2) is 4.79 Å². The minimum Gasteiger partial charge on any atom is -0.450 e. The summed E-state index contributed by atoms with van der Waals surface area (Å²) in [5.41, 5.74) is 0. The fourth-order valence-corrected chi connectivity index (χ4v) is 4.55. The Morgan fingerprint density at radius 2 is 2.10 bits per heavy atom. The molecule has 1 saturated carbocycles. The second kappa shape index (κ2) is 7.48. The first-order valence-corrected chi connectivity index (χ1v) is 8.75. The van der Waals surface area contributed by atoms with E-state index < -0.39 is 0 Å². The van der Waals surface area contributed by atoms with Crippen LogP contribution >= 0.6 is 0 Å². The van der Waals surface area contributed by atoms with E-state index in [-0.39, 0.29) is 24.2 Å². The second-order valence-electron chi connectivity index (χ2n) is 6.62. The summed E-state index contributed by atoms with van der Waals surface area (Å²) in [4.78, 5) is 14.2. The number of nitrogens with zero attached hydrogens (tertiary/aromatic N) is 1. The van der Waals surface area contributed by atoms with E-state index in [9.17, 15) is 9.90 Å². The lowest BCUT2D eigenvalue weighted by molar-refractivity contribution is 0.0249. The zero-order valence-electron chi connectivity index (χ0n) is 13.8. The zero-order valence-corrected chi connectivity index (χ0v) is 13.8. The van der Waals surface area contributed by atoms with Gasteiger partial charge in [-0.2, -0.15) is 0 Å². The zero-order chi connectivity index (χ0) is 15.4. The lowest BCUT2D eigenvalue weighted by Gasteiger charge is -2.36. The third kappa shape index (κ3) is 3.36. The smallest absolute Gasteiger partial charge is 0.410 e. The van der Waals surface area contributed by atoms with Gasteiger partial charge in [-0.05, 0) is 44.4 Å². The van der Waals surface area contributed by atoms with Gasteiger partial charge in [0.15, 0.2) is 0 Å². The number of carbonyl (C=O) groups is 1. The standard InChI is InChI=1S/C17H31NO3/c1-4-8-15(19)13(5-2)16-14-10-7-9-12(14)11-18(16)17(20)21-6-3/h12-16,19H,4-11H2,1-3H3. The van der Waals surface area contributed by atoms with E-state index in [1.54, 1.807) is 0 Å². The molecule has 1 aliphatic carbocycles. The van der Waals surface area contributed by atoms with Crippen LogP contribution in [0.3, 0.4) is 0 Å². The predicted octanol–water partition coefficient (Wildman–Crippen LogP) is 3.43. The molecule has 2 aliphatic rings. The lowest BCUT2D eigenvalue weighted by Crippen LogP contribution is -2.46. The van der Waals surface area contributed by atoms with Crippen LogP contribution in [-0.2, 0) is 4.74 Å². The number of fused-ring (bicyclic) bond motifs is 1. The van der Waals surface area contributed by atoms with E-state index in [0.29, 0.717) is 18.4 Å². The molecule has 1 amide bonds. The van der Waals surface area contributed by atoms with Gasteiger partial charge in [0, 0.05) is 18.5 Å². The fourth-order valence-electron chi connectivity index (χ4n) is 4.55. The maximum Gasteiger partial charge on any atom is 0.410 e. The van der Waals surface area contributed by atoms with Crippen molar-refractivity contribution in [3.63, 3.8) is 0 Å².